The van der Waals surface area contributed by atoms with Crippen LogP contribution >= 0.6 is 0 Å². The highest BCUT2D eigenvalue weighted by Crippen LogP contribution is 2.59. The quantitative estimate of drug-likeness (QED) is 0.174. The van der Waals surface area contributed by atoms with Crippen LogP contribution in [-0.2, 0) is 5.41 Å². The van der Waals surface area contributed by atoms with E-state index in [1.165, 1.54) is 55.2 Å². The lowest BCUT2D eigenvalue weighted by atomic mass is 9.68. The molecule has 10 rings (SSSR count). The van der Waals surface area contributed by atoms with E-state index in [0.717, 1.165) is 22.7 Å². The highest BCUT2D eigenvalue weighted by Gasteiger charge is 2.47. The van der Waals surface area contributed by atoms with E-state index in [2.05, 4.69) is 216 Å². The van der Waals surface area contributed by atoms with Gasteiger partial charge < -0.3 is 9.47 Å². The van der Waals surface area contributed by atoms with Crippen LogP contribution < -0.4 is 4.90 Å². The summed E-state index contributed by atoms with van der Waals surface area (Å²) in [7, 11) is 0. The maximum Gasteiger partial charge on any atom is 0.0714 e. The predicted molar refractivity (Wildman–Crippen MR) is 213 cm³/mol. The van der Waals surface area contributed by atoms with E-state index in [9.17, 15) is 0 Å². The van der Waals surface area contributed by atoms with Gasteiger partial charge in [0.1, 0.15) is 0 Å². The van der Waals surface area contributed by atoms with Gasteiger partial charge in [-0.25, -0.2) is 0 Å². The van der Waals surface area contributed by atoms with Crippen molar-refractivity contribution in [1.82, 2.24) is 4.57 Å². The van der Waals surface area contributed by atoms with Gasteiger partial charge in [0.25, 0.3) is 0 Å². The number of hydrogen-bond donors (Lipinski definition) is 0. The molecule has 2 heteroatoms. The Morgan fingerprint density at radius 3 is 1.69 bits per heavy atom. The van der Waals surface area contributed by atoms with Gasteiger partial charge >= 0.3 is 0 Å². The van der Waals surface area contributed by atoms with Gasteiger partial charge in [-0.1, -0.05) is 152 Å². The lowest BCUT2D eigenvalue weighted by Crippen LogP contribution is -2.28. The van der Waals surface area contributed by atoms with Crippen LogP contribution in [0.15, 0.2) is 206 Å². The van der Waals surface area contributed by atoms with Gasteiger partial charge in [0.15, 0.2) is 0 Å². The van der Waals surface area contributed by atoms with Gasteiger partial charge in [-0.05, 0) is 82.4 Å². The van der Waals surface area contributed by atoms with Gasteiger partial charge in [0.05, 0.1) is 22.1 Å². The van der Waals surface area contributed by atoms with E-state index in [1.807, 2.05) is 0 Å². The Morgan fingerprint density at radius 1 is 0.392 bits per heavy atom. The molecule has 51 heavy (non-hydrogen) atoms. The van der Waals surface area contributed by atoms with Crippen molar-refractivity contribution in [3.63, 3.8) is 0 Å². The topological polar surface area (TPSA) is 8.17 Å². The molecule has 2 nitrogen and oxygen atoms in total. The Kier molecular flexibility index (Phi) is 6.75. The summed E-state index contributed by atoms with van der Waals surface area (Å²) in [5, 5.41) is 2.46. The standard InChI is InChI=1S/C49H34N2/c1-5-18-35(19-6-1)49(36-20-7-2-8-21-36)43-28-15-13-27-41(43)48-44(49)29-17-31-47(48)50(37-22-9-3-10-23-37)39-32-33-46-42(34-39)40-26-14-16-30-45(40)51(46)38-24-11-4-12-25-38/h1-34H. The summed E-state index contributed by atoms with van der Waals surface area (Å²) in [4.78, 5) is 2.45. The maximum absolute atomic E-state index is 2.45. The van der Waals surface area contributed by atoms with E-state index in [-0.39, 0.29) is 0 Å². The van der Waals surface area contributed by atoms with Gasteiger partial charge in [0, 0.05) is 33.4 Å². The Labute approximate surface area is 298 Å². The Morgan fingerprint density at radius 2 is 0.961 bits per heavy atom. The molecule has 240 valence electrons. The minimum absolute atomic E-state index is 0.472. The van der Waals surface area contributed by atoms with Gasteiger partial charge in [0.2, 0.25) is 0 Å². The van der Waals surface area contributed by atoms with Gasteiger partial charge in [-0.15, -0.1) is 0 Å². The van der Waals surface area contributed by atoms with Crippen molar-refractivity contribution in [2.45, 2.75) is 5.41 Å². The lowest BCUT2D eigenvalue weighted by Gasteiger charge is -2.34. The molecule has 0 amide bonds. The first-order chi connectivity index (χ1) is 25.3. The van der Waals surface area contributed by atoms with Crippen LogP contribution in [0.25, 0.3) is 38.6 Å². The van der Waals surface area contributed by atoms with E-state index in [4.69, 9.17) is 0 Å². The predicted octanol–water partition coefficient (Wildman–Crippen LogP) is 12.6. The molecular weight excluding hydrogens is 617 g/mol. The molecule has 1 aliphatic carbocycles. The Bertz CT molecular complexity index is 2640. The van der Waals surface area contributed by atoms with Crippen molar-refractivity contribution in [3.8, 4) is 16.8 Å². The smallest absolute Gasteiger partial charge is 0.0714 e. The third-order valence-corrected chi connectivity index (χ3v) is 10.6. The molecule has 0 saturated carbocycles. The van der Waals surface area contributed by atoms with E-state index in [1.54, 1.807) is 0 Å². The summed E-state index contributed by atoms with van der Waals surface area (Å²) < 4.78 is 2.38. The fraction of sp³-hybridized carbons (Fsp3) is 0.0204. The van der Waals surface area contributed by atoms with Crippen molar-refractivity contribution < 1.29 is 0 Å². The van der Waals surface area contributed by atoms with Crippen LogP contribution in [0.3, 0.4) is 0 Å². The normalized spacial score (nSPS) is 12.9. The van der Waals surface area contributed by atoms with Crippen LogP contribution in [0.2, 0.25) is 0 Å². The summed E-state index contributed by atoms with van der Waals surface area (Å²) in [5.74, 6) is 0. The second-order valence-electron chi connectivity index (χ2n) is 13.3. The van der Waals surface area contributed by atoms with Gasteiger partial charge in [-0.3, -0.25) is 0 Å². The van der Waals surface area contributed by atoms with E-state index >= 15 is 0 Å². The number of nitrogens with zero attached hydrogens (tertiary/aromatic N) is 2. The Balaban J connectivity index is 1.27. The molecule has 1 heterocycles. The average Bonchev–Trinajstić information content (AvgIpc) is 3.71. The molecule has 0 unspecified atom stereocenters. The molecular formula is C49H34N2. The number of para-hydroxylation sites is 3. The summed E-state index contributed by atoms with van der Waals surface area (Å²) >= 11 is 0. The zero-order chi connectivity index (χ0) is 33.8. The first-order valence-electron chi connectivity index (χ1n) is 17.6. The zero-order valence-electron chi connectivity index (χ0n) is 28.0. The van der Waals surface area contributed by atoms with Crippen LogP contribution in [0.4, 0.5) is 17.1 Å². The second kappa shape index (κ2) is 11.8. The molecule has 0 saturated heterocycles. The first kappa shape index (κ1) is 29.3. The van der Waals surface area contributed by atoms with Crippen molar-refractivity contribution in [2.75, 3.05) is 4.90 Å². The van der Waals surface area contributed by atoms with E-state index < -0.39 is 5.41 Å². The zero-order valence-corrected chi connectivity index (χ0v) is 28.0. The largest absolute Gasteiger partial charge is 0.310 e. The number of rotatable bonds is 6. The first-order valence-corrected chi connectivity index (χ1v) is 17.6. The number of fused-ring (bicyclic) bond motifs is 6. The number of benzene rings is 8. The second-order valence-corrected chi connectivity index (χ2v) is 13.3. The molecule has 0 spiro atoms. The molecule has 1 aromatic heterocycles. The molecule has 0 bridgehead atoms. The van der Waals surface area contributed by atoms with Crippen LogP contribution in [-0.4, -0.2) is 4.57 Å². The maximum atomic E-state index is 2.45. The summed E-state index contributed by atoms with van der Waals surface area (Å²) in [5.41, 5.74) is 14.1. The molecule has 8 aromatic carbocycles. The van der Waals surface area contributed by atoms with Crippen molar-refractivity contribution in [3.05, 3.63) is 229 Å². The van der Waals surface area contributed by atoms with Crippen LogP contribution in [0.5, 0.6) is 0 Å². The number of aromatic nitrogens is 1. The average molecular weight is 651 g/mol. The molecule has 9 aromatic rings. The minimum Gasteiger partial charge on any atom is -0.310 e. The third-order valence-electron chi connectivity index (χ3n) is 10.6. The lowest BCUT2D eigenvalue weighted by molar-refractivity contribution is 0.768. The summed E-state index contributed by atoms with van der Waals surface area (Å²) in [6.07, 6.45) is 0. The minimum atomic E-state index is -0.472. The van der Waals surface area contributed by atoms with Gasteiger partial charge in [-0.2, -0.15) is 0 Å². The number of anilines is 3. The number of hydrogen-bond acceptors (Lipinski definition) is 1. The summed E-state index contributed by atoms with van der Waals surface area (Å²) in [6, 6.07) is 75.2. The Hall–Kier alpha value is -6.64. The third kappa shape index (κ3) is 4.36. The molecule has 0 fully saturated rings. The van der Waals surface area contributed by atoms with Crippen LogP contribution in [0, 0.1) is 0 Å². The molecule has 0 aliphatic heterocycles. The fourth-order valence-corrected chi connectivity index (χ4v) is 8.62. The molecule has 0 atom stereocenters. The van der Waals surface area contributed by atoms with E-state index in [0.29, 0.717) is 0 Å². The highest BCUT2D eigenvalue weighted by molar-refractivity contribution is 6.11. The molecule has 0 radical (unpaired) electrons. The highest BCUT2D eigenvalue weighted by atomic mass is 15.1. The van der Waals surface area contributed by atoms with Crippen molar-refractivity contribution in [1.29, 1.82) is 0 Å². The summed E-state index contributed by atoms with van der Waals surface area (Å²) in [6.45, 7) is 0. The molecule has 1 aliphatic rings. The van der Waals surface area contributed by atoms with Crippen molar-refractivity contribution in [2.24, 2.45) is 0 Å². The molecule has 0 N–H and O–H groups in total. The fourth-order valence-electron chi connectivity index (χ4n) is 8.62. The SMILES string of the molecule is c1ccc(N(c2ccc3c(c2)c2ccccc2n3-c2ccccc2)c2cccc3c2-c2ccccc2C3(c2ccccc2)c2ccccc2)cc1. The van der Waals surface area contributed by atoms with Crippen LogP contribution in [0.1, 0.15) is 22.3 Å². The monoisotopic (exact) mass is 650 g/mol. The van der Waals surface area contributed by atoms with Crippen molar-refractivity contribution >= 4 is 38.9 Å².